The number of anilines is 1. The molecule has 0 spiro atoms. The average molecular weight is 560 g/mol. The van der Waals surface area contributed by atoms with Crippen LogP contribution in [0.5, 0.6) is 0 Å². The van der Waals surface area contributed by atoms with Gasteiger partial charge in [-0.15, -0.1) is 0 Å². The summed E-state index contributed by atoms with van der Waals surface area (Å²) in [6.45, 7) is 4.51. The van der Waals surface area contributed by atoms with Crippen LogP contribution in [0.3, 0.4) is 0 Å². The fourth-order valence-electron chi connectivity index (χ4n) is 4.02. The summed E-state index contributed by atoms with van der Waals surface area (Å²) in [4.78, 5) is 33.5. The number of fused-ring (bicyclic) bond motifs is 1. The summed E-state index contributed by atoms with van der Waals surface area (Å²) in [6, 6.07) is 10.2. The third-order valence-electron chi connectivity index (χ3n) is 5.90. The zero-order valence-electron chi connectivity index (χ0n) is 20.8. The quantitative estimate of drug-likeness (QED) is 0.262. The Morgan fingerprint density at radius 1 is 1.08 bits per heavy atom. The number of benzene rings is 2. The Bertz CT molecular complexity index is 1650. The number of pyridine rings is 1. The molecular weight excluding hydrogens is 536 g/mol. The number of hydrogen-bond acceptors (Lipinski definition) is 5. The first-order valence-electron chi connectivity index (χ1n) is 11.8. The van der Waals surface area contributed by atoms with Gasteiger partial charge in [0.1, 0.15) is 11.5 Å². The number of nitrogens with zero attached hydrogens (tertiary/aromatic N) is 2. The minimum Gasteiger partial charge on any atom is -0.345 e. The molecule has 0 aliphatic carbocycles. The molecule has 4 aromatic rings. The van der Waals surface area contributed by atoms with E-state index in [1.807, 2.05) is 0 Å². The largest absolute Gasteiger partial charge is 0.345 e. The molecule has 11 heteroatoms. The lowest BCUT2D eigenvalue weighted by molar-refractivity contribution is -0.120. The smallest absolute Gasteiger partial charge is 0.243 e. The van der Waals surface area contributed by atoms with Gasteiger partial charge in [-0.25, -0.2) is 26.5 Å². The van der Waals surface area contributed by atoms with Crippen LogP contribution in [-0.4, -0.2) is 35.8 Å². The molecule has 0 aliphatic heterocycles. The second-order valence-corrected chi connectivity index (χ2v) is 11.4. The Hall–Kier alpha value is -3.63. The van der Waals surface area contributed by atoms with Crippen molar-refractivity contribution in [2.75, 3.05) is 10.1 Å². The zero-order chi connectivity index (χ0) is 27.8. The number of amides is 1. The van der Waals surface area contributed by atoms with Crippen molar-refractivity contribution in [3.63, 3.8) is 0 Å². The SMILES string of the molecule is CCCS(=O)(=O)N(C(=O)C(C)C)c1ccc(F)c(C(=O)c2c[nH]c3ncc(-c4ccc(Cl)cc4)cc23)c1F. The Morgan fingerprint density at radius 2 is 1.76 bits per heavy atom. The third kappa shape index (κ3) is 5.06. The van der Waals surface area contributed by atoms with Crippen molar-refractivity contribution in [3.05, 3.63) is 82.6 Å². The molecule has 0 saturated carbocycles. The van der Waals surface area contributed by atoms with Crippen LogP contribution in [-0.2, 0) is 14.8 Å². The van der Waals surface area contributed by atoms with Crippen molar-refractivity contribution in [2.45, 2.75) is 27.2 Å². The second kappa shape index (κ2) is 10.6. The van der Waals surface area contributed by atoms with Crippen LogP contribution in [0.4, 0.5) is 14.5 Å². The van der Waals surface area contributed by atoms with Crippen molar-refractivity contribution in [1.29, 1.82) is 0 Å². The van der Waals surface area contributed by atoms with Gasteiger partial charge in [0.2, 0.25) is 21.7 Å². The molecule has 7 nitrogen and oxygen atoms in total. The lowest BCUT2D eigenvalue weighted by Gasteiger charge is -2.25. The van der Waals surface area contributed by atoms with Crippen LogP contribution in [0, 0.1) is 17.6 Å². The summed E-state index contributed by atoms with van der Waals surface area (Å²) in [7, 11) is -4.29. The average Bonchev–Trinajstić information content (AvgIpc) is 3.29. The van der Waals surface area contributed by atoms with Crippen LogP contribution in [0.2, 0.25) is 5.02 Å². The molecule has 0 bridgehead atoms. The Kier molecular flexibility index (Phi) is 7.66. The third-order valence-corrected chi connectivity index (χ3v) is 8.01. The molecule has 0 radical (unpaired) electrons. The van der Waals surface area contributed by atoms with E-state index in [9.17, 15) is 22.4 Å². The maximum Gasteiger partial charge on any atom is 0.243 e. The number of rotatable bonds is 8. The van der Waals surface area contributed by atoms with E-state index in [4.69, 9.17) is 11.6 Å². The molecule has 0 saturated heterocycles. The zero-order valence-corrected chi connectivity index (χ0v) is 22.3. The number of ketones is 1. The highest BCUT2D eigenvalue weighted by atomic mass is 35.5. The summed E-state index contributed by atoms with van der Waals surface area (Å²) < 4.78 is 57.0. The van der Waals surface area contributed by atoms with E-state index < -0.39 is 56.3 Å². The van der Waals surface area contributed by atoms with Crippen molar-refractivity contribution >= 4 is 50.0 Å². The highest BCUT2D eigenvalue weighted by Crippen LogP contribution is 2.32. The Morgan fingerprint density at radius 3 is 2.39 bits per heavy atom. The molecule has 38 heavy (non-hydrogen) atoms. The van der Waals surface area contributed by atoms with Gasteiger partial charge in [0.15, 0.2) is 5.82 Å². The number of H-pyrrole nitrogens is 1. The number of aromatic nitrogens is 2. The lowest BCUT2D eigenvalue weighted by atomic mass is 9.99. The summed E-state index contributed by atoms with van der Waals surface area (Å²) >= 11 is 5.96. The van der Waals surface area contributed by atoms with Crippen molar-refractivity contribution in [2.24, 2.45) is 5.92 Å². The number of halogens is 3. The summed E-state index contributed by atoms with van der Waals surface area (Å²) in [5, 5.41) is 0.845. The molecule has 0 aliphatic rings. The molecule has 2 heterocycles. The minimum absolute atomic E-state index is 0.0728. The van der Waals surface area contributed by atoms with Crippen molar-refractivity contribution in [3.8, 4) is 11.1 Å². The van der Waals surface area contributed by atoms with E-state index in [0.717, 1.165) is 17.7 Å². The molecule has 0 atom stereocenters. The standard InChI is InChI=1S/C27H24ClF2N3O4S/c1-4-11-38(36,37)33(27(35)15(2)3)22-10-9-21(29)23(24(22)30)25(34)20-14-32-26-19(20)12-17(13-31-26)16-5-7-18(28)8-6-16/h5-10,12-15H,4,11H2,1-3H3,(H,31,32). The lowest BCUT2D eigenvalue weighted by Crippen LogP contribution is -2.41. The van der Waals surface area contributed by atoms with E-state index in [-0.39, 0.29) is 12.0 Å². The van der Waals surface area contributed by atoms with Crippen LogP contribution in [0.15, 0.2) is 54.9 Å². The van der Waals surface area contributed by atoms with E-state index in [0.29, 0.717) is 25.9 Å². The van der Waals surface area contributed by atoms with Gasteiger partial charge in [-0.3, -0.25) is 9.59 Å². The number of nitrogens with one attached hydrogen (secondary N) is 1. The number of sulfonamides is 1. The Labute approximate surface area is 223 Å². The first kappa shape index (κ1) is 27.4. The summed E-state index contributed by atoms with van der Waals surface area (Å²) in [6.07, 6.45) is 3.02. The van der Waals surface area contributed by atoms with Crippen LogP contribution in [0.25, 0.3) is 22.2 Å². The van der Waals surface area contributed by atoms with E-state index in [2.05, 4.69) is 9.97 Å². The normalized spacial score (nSPS) is 11.8. The Balaban J connectivity index is 1.86. The number of aromatic amines is 1. The van der Waals surface area contributed by atoms with Gasteiger partial charge in [-0.2, -0.15) is 0 Å². The van der Waals surface area contributed by atoms with Crippen LogP contribution >= 0.6 is 11.6 Å². The van der Waals surface area contributed by atoms with Gasteiger partial charge >= 0.3 is 0 Å². The van der Waals surface area contributed by atoms with E-state index in [1.54, 1.807) is 43.5 Å². The molecule has 1 amide bonds. The molecule has 1 N–H and O–H groups in total. The highest BCUT2D eigenvalue weighted by Gasteiger charge is 2.35. The van der Waals surface area contributed by atoms with Gasteiger partial charge < -0.3 is 4.98 Å². The van der Waals surface area contributed by atoms with Crippen molar-refractivity contribution < 1.29 is 26.8 Å². The van der Waals surface area contributed by atoms with Crippen LogP contribution < -0.4 is 4.31 Å². The predicted molar refractivity (Wildman–Crippen MR) is 143 cm³/mol. The molecule has 0 fully saturated rings. The van der Waals surface area contributed by atoms with Crippen LogP contribution in [0.1, 0.15) is 43.1 Å². The van der Waals surface area contributed by atoms with Gasteiger partial charge in [0, 0.05) is 39.8 Å². The predicted octanol–water partition coefficient (Wildman–Crippen LogP) is 6.12. The molecule has 2 aromatic heterocycles. The summed E-state index contributed by atoms with van der Waals surface area (Å²) in [5.74, 6) is -5.82. The summed E-state index contributed by atoms with van der Waals surface area (Å²) in [5.41, 5.74) is -0.0551. The van der Waals surface area contributed by atoms with E-state index >= 15 is 4.39 Å². The number of hydrogen-bond donors (Lipinski definition) is 1. The van der Waals surface area contributed by atoms with Crippen molar-refractivity contribution in [1.82, 2.24) is 9.97 Å². The monoisotopic (exact) mass is 559 g/mol. The fraction of sp³-hybridized carbons (Fsp3) is 0.222. The molecule has 198 valence electrons. The maximum atomic E-state index is 15.8. The first-order chi connectivity index (χ1) is 18.0. The number of carbonyl (C=O) groups excluding carboxylic acids is 2. The minimum atomic E-state index is -4.29. The van der Waals surface area contributed by atoms with E-state index in [1.165, 1.54) is 20.0 Å². The van der Waals surface area contributed by atoms with Gasteiger partial charge in [0.25, 0.3) is 0 Å². The molecule has 0 unspecified atom stereocenters. The molecule has 2 aromatic carbocycles. The topological polar surface area (TPSA) is 100 Å². The number of carbonyl (C=O) groups is 2. The molecular formula is C27H24ClF2N3O4S. The highest BCUT2D eigenvalue weighted by molar-refractivity contribution is 7.93. The van der Waals surface area contributed by atoms with Gasteiger partial charge in [-0.1, -0.05) is 44.5 Å². The molecule has 4 rings (SSSR count). The van der Waals surface area contributed by atoms with Gasteiger partial charge in [-0.05, 0) is 42.3 Å². The fourth-order valence-corrected chi connectivity index (χ4v) is 5.77. The first-order valence-corrected chi connectivity index (χ1v) is 13.8. The maximum absolute atomic E-state index is 15.8. The van der Waals surface area contributed by atoms with Gasteiger partial charge in [0.05, 0.1) is 17.0 Å². The second-order valence-electron chi connectivity index (χ2n) is 8.99.